The summed E-state index contributed by atoms with van der Waals surface area (Å²) in [5, 5.41) is 13.3. The van der Waals surface area contributed by atoms with Gasteiger partial charge in [-0.2, -0.15) is 13.2 Å². The number of aliphatic hydroxyl groups is 1. The molecule has 1 N–H and O–H groups in total. The van der Waals surface area contributed by atoms with E-state index in [4.69, 9.17) is 23.8 Å². The highest BCUT2D eigenvalue weighted by Crippen LogP contribution is 2.32. The summed E-state index contributed by atoms with van der Waals surface area (Å²) in [5.41, 5.74) is 0.293. The molecule has 0 bridgehead atoms. The van der Waals surface area contributed by atoms with Crippen LogP contribution in [0.2, 0.25) is 0 Å². The average Bonchev–Trinajstić information content (AvgIpc) is 3.17. The number of benzene rings is 1. The van der Waals surface area contributed by atoms with E-state index in [2.05, 4.69) is 5.16 Å². The third-order valence-corrected chi connectivity index (χ3v) is 3.94. The number of hydrogen-bond donors (Lipinski definition) is 1. The van der Waals surface area contributed by atoms with Crippen LogP contribution in [0.5, 0.6) is 5.75 Å². The molecule has 1 amide bonds. The van der Waals surface area contributed by atoms with Crippen LogP contribution in [-0.2, 0) is 9.47 Å². The quantitative estimate of drug-likeness (QED) is 0.776. The molecular weight excluding hydrogens is 373 g/mol. The van der Waals surface area contributed by atoms with Crippen molar-refractivity contribution in [3.63, 3.8) is 0 Å². The summed E-state index contributed by atoms with van der Waals surface area (Å²) in [4.78, 5) is 13.3. The Morgan fingerprint density at radius 3 is 2.93 bits per heavy atom. The number of carbonyl (C=O) groups is 1. The standard InChI is InChI=1S/C16H17F3N2O6/c1-24-8-10-7-21(15(23)26-10)14-11-3-2-9(6-12(11)27-20-14)25-5-4-13(22)16(17,18)19/h2-3,6,10,13,22H,4-5,7-8H2,1H3/t10-,13-/m1/s1. The number of halogens is 3. The van der Waals surface area contributed by atoms with E-state index in [1.54, 1.807) is 6.07 Å². The average molecular weight is 390 g/mol. The van der Waals surface area contributed by atoms with Crippen molar-refractivity contribution < 1.29 is 41.8 Å². The Kier molecular flexibility index (Phi) is 5.42. The highest BCUT2D eigenvalue weighted by atomic mass is 19.4. The summed E-state index contributed by atoms with van der Waals surface area (Å²) in [7, 11) is 1.50. The van der Waals surface area contributed by atoms with E-state index in [0.29, 0.717) is 11.0 Å². The zero-order valence-corrected chi connectivity index (χ0v) is 14.2. The van der Waals surface area contributed by atoms with Gasteiger partial charge in [-0.3, -0.25) is 4.90 Å². The molecule has 0 aliphatic carbocycles. The van der Waals surface area contributed by atoms with E-state index >= 15 is 0 Å². The van der Waals surface area contributed by atoms with Crippen molar-refractivity contribution in [2.24, 2.45) is 0 Å². The first-order chi connectivity index (χ1) is 12.8. The number of aliphatic hydroxyl groups excluding tert-OH is 1. The molecule has 0 spiro atoms. The minimum Gasteiger partial charge on any atom is -0.493 e. The lowest BCUT2D eigenvalue weighted by molar-refractivity contribution is -0.206. The predicted octanol–water partition coefficient (Wildman–Crippen LogP) is 2.49. The van der Waals surface area contributed by atoms with Crippen molar-refractivity contribution >= 4 is 22.9 Å². The first-order valence-electron chi connectivity index (χ1n) is 8.03. The Morgan fingerprint density at radius 2 is 2.22 bits per heavy atom. The van der Waals surface area contributed by atoms with Crippen LogP contribution in [0.3, 0.4) is 0 Å². The molecule has 1 aromatic carbocycles. The number of fused-ring (bicyclic) bond motifs is 1. The van der Waals surface area contributed by atoms with Gasteiger partial charge in [-0.05, 0) is 12.1 Å². The molecule has 3 rings (SSSR count). The monoisotopic (exact) mass is 390 g/mol. The van der Waals surface area contributed by atoms with Gasteiger partial charge in [-0.25, -0.2) is 4.79 Å². The lowest BCUT2D eigenvalue weighted by atomic mass is 10.2. The number of hydrogen-bond acceptors (Lipinski definition) is 7. The first-order valence-corrected chi connectivity index (χ1v) is 8.03. The molecule has 148 valence electrons. The van der Waals surface area contributed by atoms with Gasteiger partial charge in [0.15, 0.2) is 17.5 Å². The Bertz CT molecular complexity index is 809. The van der Waals surface area contributed by atoms with Gasteiger partial charge < -0.3 is 23.8 Å². The Hall–Kier alpha value is -2.53. The van der Waals surface area contributed by atoms with Crippen molar-refractivity contribution in [2.45, 2.75) is 24.8 Å². The predicted molar refractivity (Wildman–Crippen MR) is 85.7 cm³/mol. The fraction of sp³-hybridized carbons (Fsp3) is 0.500. The van der Waals surface area contributed by atoms with Gasteiger partial charge in [0.05, 0.1) is 25.1 Å². The Labute approximate surface area is 151 Å². The van der Waals surface area contributed by atoms with E-state index in [1.807, 2.05) is 0 Å². The molecule has 0 radical (unpaired) electrons. The molecule has 11 heteroatoms. The van der Waals surface area contributed by atoms with Gasteiger partial charge in [0.2, 0.25) is 0 Å². The van der Waals surface area contributed by atoms with Crippen LogP contribution in [-0.4, -0.2) is 61.6 Å². The molecule has 2 aromatic rings. The number of amides is 1. The fourth-order valence-corrected chi connectivity index (χ4v) is 2.61. The third kappa shape index (κ3) is 4.25. The summed E-state index contributed by atoms with van der Waals surface area (Å²) in [6.07, 6.45) is -8.72. The number of aromatic nitrogens is 1. The number of nitrogens with zero attached hydrogens (tertiary/aromatic N) is 2. The maximum absolute atomic E-state index is 12.3. The molecule has 1 saturated heterocycles. The van der Waals surface area contributed by atoms with E-state index in [-0.39, 0.29) is 31.3 Å². The summed E-state index contributed by atoms with van der Waals surface area (Å²) in [6.45, 7) is 0.173. The maximum Gasteiger partial charge on any atom is 0.416 e. The highest BCUT2D eigenvalue weighted by molar-refractivity contribution is 5.99. The normalized spacial score (nSPS) is 18.8. The number of alkyl halides is 3. The Morgan fingerprint density at radius 1 is 1.44 bits per heavy atom. The molecule has 1 aromatic heterocycles. The summed E-state index contributed by atoms with van der Waals surface area (Å²) in [5.74, 6) is 0.522. The number of anilines is 1. The second kappa shape index (κ2) is 7.61. The van der Waals surface area contributed by atoms with Gasteiger partial charge in [-0.15, -0.1) is 0 Å². The van der Waals surface area contributed by atoms with Crippen molar-refractivity contribution in [1.29, 1.82) is 0 Å². The van der Waals surface area contributed by atoms with E-state index in [0.717, 1.165) is 0 Å². The second-order valence-corrected chi connectivity index (χ2v) is 5.93. The molecule has 1 fully saturated rings. The summed E-state index contributed by atoms with van der Waals surface area (Å²) < 4.78 is 57.3. The molecule has 2 heterocycles. The second-order valence-electron chi connectivity index (χ2n) is 5.93. The fourth-order valence-electron chi connectivity index (χ4n) is 2.61. The third-order valence-electron chi connectivity index (χ3n) is 3.94. The topological polar surface area (TPSA) is 94.3 Å². The van der Waals surface area contributed by atoms with E-state index in [9.17, 15) is 18.0 Å². The lowest BCUT2D eigenvalue weighted by Crippen LogP contribution is -2.30. The Balaban J connectivity index is 1.67. The molecule has 1 aliphatic heterocycles. The van der Waals surface area contributed by atoms with Crippen LogP contribution >= 0.6 is 0 Å². The van der Waals surface area contributed by atoms with Crippen molar-refractivity contribution in [3.05, 3.63) is 18.2 Å². The van der Waals surface area contributed by atoms with Crippen molar-refractivity contribution in [2.75, 3.05) is 31.8 Å². The largest absolute Gasteiger partial charge is 0.493 e. The molecule has 1 aliphatic rings. The minimum absolute atomic E-state index is 0.250. The molecule has 8 nitrogen and oxygen atoms in total. The lowest BCUT2D eigenvalue weighted by Gasteiger charge is -2.14. The van der Waals surface area contributed by atoms with E-state index in [1.165, 1.54) is 24.1 Å². The van der Waals surface area contributed by atoms with Crippen molar-refractivity contribution in [1.82, 2.24) is 5.16 Å². The highest BCUT2D eigenvalue weighted by Gasteiger charge is 2.38. The van der Waals surface area contributed by atoms with Gasteiger partial charge in [-0.1, -0.05) is 5.16 Å². The van der Waals surface area contributed by atoms with E-state index < -0.39 is 30.9 Å². The summed E-state index contributed by atoms with van der Waals surface area (Å²) in [6, 6.07) is 4.53. The SMILES string of the molecule is COC[C@H]1CN(c2noc3cc(OCC[C@@H](O)C(F)(F)F)ccc23)C(=O)O1. The van der Waals surface area contributed by atoms with Crippen LogP contribution in [0.15, 0.2) is 22.7 Å². The van der Waals surface area contributed by atoms with Crippen LogP contribution in [0.1, 0.15) is 6.42 Å². The van der Waals surface area contributed by atoms with Gasteiger partial charge in [0, 0.05) is 19.6 Å². The molecular formula is C16H17F3N2O6. The maximum atomic E-state index is 12.3. The number of cyclic esters (lactones) is 1. The number of ether oxygens (including phenoxy) is 3. The van der Waals surface area contributed by atoms with Gasteiger partial charge >= 0.3 is 12.3 Å². The smallest absolute Gasteiger partial charge is 0.416 e. The number of carbonyl (C=O) groups excluding carboxylic acids is 1. The van der Waals surface area contributed by atoms with Crippen LogP contribution in [0.4, 0.5) is 23.8 Å². The van der Waals surface area contributed by atoms with Gasteiger partial charge in [0.25, 0.3) is 0 Å². The summed E-state index contributed by atoms with van der Waals surface area (Å²) >= 11 is 0. The number of methoxy groups -OCH3 is 1. The zero-order valence-electron chi connectivity index (χ0n) is 14.2. The number of rotatable bonds is 7. The van der Waals surface area contributed by atoms with Crippen molar-refractivity contribution in [3.8, 4) is 5.75 Å². The van der Waals surface area contributed by atoms with Crippen LogP contribution < -0.4 is 9.64 Å². The minimum atomic E-state index is -4.68. The van der Waals surface area contributed by atoms with Crippen LogP contribution in [0, 0.1) is 0 Å². The zero-order chi connectivity index (χ0) is 19.6. The first kappa shape index (κ1) is 19.2. The molecule has 0 unspecified atom stereocenters. The van der Waals surface area contributed by atoms with Gasteiger partial charge in [0.1, 0.15) is 11.9 Å². The van der Waals surface area contributed by atoms with Crippen LogP contribution in [0.25, 0.3) is 11.0 Å². The molecule has 27 heavy (non-hydrogen) atoms. The molecule has 2 atom stereocenters. The molecule has 0 saturated carbocycles.